The number of fused-ring (bicyclic) bond motifs is 1. The summed E-state index contributed by atoms with van der Waals surface area (Å²) in [7, 11) is 0. The highest BCUT2D eigenvalue weighted by Crippen LogP contribution is 2.20. The van der Waals surface area contributed by atoms with Crippen molar-refractivity contribution in [3.63, 3.8) is 0 Å². The quantitative estimate of drug-likeness (QED) is 0.687. The lowest BCUT2D eigenvalue weighted by Gasteiger charge is -2.13. The zero-order valence-electron chi connectivity index (χ0n) is 13.2. The van der Waals surface area contributed by atoms with Crippen molar-refractivity contribution in [2.45, 2.75) is 13.0 Å². The van der Waals surface area contributed by atoms with Gasteiger partial charge in [-0.25, -0.2) is 9.18 Å². The molecule has 128 valence electrons. The lowest BCUT2D eigenvalue weighted by molar-refractivity contribution is -0.123. The average molecular weight is 361 g/mol. The first-order valence-electron chi connectivity index (χ1n) is 7.48. The number of halogens is 2. The normalized spacial score (nSPS) is 12.0. The Morgan fingerprint density at radius 2 is 1.96 bits per heavy atom. The van der Waals surface area contributed by atoms with E-state index in [0.29, 0.717) is 0 Å². The third-order valence-corrected chi connectivity index (χ3v) is 3.83. The van der Waals surface area contributed by atoms with Crippen molar-refractivity contribution >= 4 is 40.1 Å². The number of carbonyl (C=O) groups is 2. The highest BCUT2D eigenvalue weighted by atomic mass is 35.5. The molecule has 2 aromatic carbocycles. The van der Waals surface area contributed by atoms with Gasteiger partial charge in [-0.1, -0.05) is 29.8 Å². The van der Waals surface area contributed by atoms with E-state index in [1.165, 1.54) is 19.1 Å². The number of ether oxygens (including phenoxy) is 1. The van der Waals surface area contributed by atoms with Crippen LogP contribution in [-0.2, 0) is 9.53 Å². The Balaban J connectivity index is 1.67. The van der Waals surface area contributed by atoms with Crippen LogP contribution in [0.1, 0.15) is 17.4 Å². The van der Waals surface area contributed by atoms with Crippen LogP contribution in [-0.4, -0.2) is 23.0 Å². The van der Waals surface area contributed by atoms with Gasteiger partial charge in [0.05, 0.1) is 5.69 Å². The lowest BCUT2D eigenvalue weighted by atomic mass is 10.2. The van der Waals surface area contributed by atoms with Gasteiger partial charge < -0.3 is 15.0 Å². The first-order chi connectivity index (χ1) is 11.9. The van der Waals surface area contributed by atoms with Crippen LogP contribution in [0.3, 0.4) is 0 Å². The number of esters is 1. The Hall–Kier alpha value is -2.86. The predicted octanol–water partition coefficient (Wildman–Crippen LogP) is 4.14. The topological polar surface area (TPSA) is 71.2 Å². The number of aromatic amines is 1. The molecule has 2 N–H and O–H groups in total. The monoisotopic (exact) mass is 360 g/mol. The fourth-order valence-corrected chi connectivity index (χ4v) is 2.44. The Labute approximate surface area is 147 Å². The van der Waals surface area contributed by atoms with E-state index in [9.17, 15) is 14.0 Å². The maximum atomic E-state index is 13.7. The van der Waals surface area contributed by atoms with Gasteiger partial charge in [0.2, 0.25) is 0 Å². The molecular weight excluding hydrogens is 347 g/mol. The summed E-state index contributed by atoms with van der Waals surface area (Å²) in [5.41, 5.74) is 0.983. The fraction of sp³-hybridized carbons (Fsp3) is 0.111. The van der Waals surface area contributed by atoms with Crippen molar-refractivity contribution in [1.29, 1.82) is 0 Å². The molecule has 0 saturated carbocycles. The minimum absolute atomic E-state index is 0.0390. The van der Waals surface area contributed by atoms with Gasteiger partial charge in [0.1, 0.15) is 11.5 Å². The van der Waals surface area contributed by atoms with Crippen LogP contribution in [0.15, 0.2) is 48.5 Å². The Morgan fingerprint density at radius 1 is 1.20 bits per heavy atom. The molecule has 25 heavy (non-hydrogen) atoms. The van der Waals surface area contributed by atoms with Crippen molar-refractivity contribution in [2.75, 3.05) is 5.32 Å². The molecule has 3 rings (SSSR count). The highest BCUT2D eigenvalue weighted by molar-refractivity contribution is 6.30. The highest BCUT2D eigenvalue weighted by Gasteiger charge is 2.21. The van der Waals surface area contributed by atoms with Crippen LogP contribution < -0.4 is 5.32 Å². The molecular formula is C18H14ClFN2O3. The summed E-state index contributed by atoms with van der Waals surface area (Å²) >= 11 is 5.66. The van der Waals surface area contributed by atoms with Crippen LogP contribution in [0.2, 0.25) is 5.02 Å². The van der Waals surface area contributed by atoms with Gasteiger partial charge in [-0.15, -0.1) is 0 Å². The summed E-state index contributed by atoms with van der Waals surface area (Å²) in [6.45, 7) is 1.41. The van der Waals surface area contributed by atoms with Crippen LogP contribution in [0.4, 0.5) is 10.1 Å². The van der Waals surface area contributed by atoms with E-state index < -0.39 is 23.8 Å². The number of rotatable bonds is 4. The summed E-state index contributed by atoms with van der Waals surface area (Å²) in [5.74, 6) is -1.99. The third kappa shape index (κ3) is 3.80. The SMILES string of the molecule is CC(OC(=O)c1cc2ccccc2[nH]1)C(=O)Nc1ccc(Cl)cc1F. The number of hydrogen-bond acceptors (Lipinski definition) is 3. The molecule has 0 aliphatic rings. The van der Waals surface area contributed by atoms with Crippen LogP contribution in [0.5, 0.6) is 0 Å². The summed E-state index contributed by atoms with van der Waals surface area (Å²) in [6, 6.07) is 12.9. The second-order valence-electron chi connectivity index (χ2n) is 5.43. The van der Waals surface area contributed by atoms with Gasteiger partial charge in [-0.2, -0.15) is 0 Å². The Kier molecular flexibility index (Phi) is 4.72. The average Bonchev–Trinajstić information content (AvgIpc) is 3.01. The van der Waals surface area contributed by atoms with Gasteiger partial charge in [-0.05, 0) is 37.3 Å². The van der Waals surface area contributed by atoms with Crippen LogP contribution in [0, 0.1) is 5.82 Å². The first-order valence-corrected chi connectivity index (χ1v) is 7.86. The summed E-state index contributed by atoms with van der Waals surface area (Å²) in [4.78, 5) is 27.2. The van der Waals surface area contributed by atoms with Crippen molar-refractivity contribution in [3.8, 4) is 0 Å². The van der Waals surface area contributed by atoms with Gasteiger partial charge in [0, 0.05) is 15.9 Å². The van der Waals surface area contributed by atoms with E-state index >= 15 is 0 Å². The standard InChI is InChI=1S/C18H14ClFN2O3/c1-10(17(23)22-15-7-6-12(19)9-13(15)20)25-18(24)16-8-11-4-2-3-5-14(11)21-16/h2-10,21H,1H3,(H,22,23). The number of H-pyrrole nitrogens is 1. The molecule has 7 heteroatoms. The van der Waals surface area contributed by atoms with Crippen molar-refractivity contribution in [2.24, 2.45) is 0 Å². The predicted molar refractivity (Wildman–Crippen MR) is 93.2 cm³/mol. The molecule has 1 atom stereocenters. The van der Waals surface area contributed by atoms with Crippen molar-refractivity contribution in [3.05, 3.63) is 65.1 Å². The number of carbonyl (C=O) groups excluding carboxylic acids is 2. The van der Waals surface area contributed by atoms with Crippen molar-refractivity contribution < 1.29 is 18.7 Å². The van der Waals surface area contributed by atoms with Crippen LogP contribution >= 0.6 is 11.6 Å². The van der Waals surface area contributed by atoms with Gasteiger partial charge in [0.15, 0.2) is 6.10 Å². The number of amides is 1. The number of aromatic nitrogens is 1. The number of anilines is 1. The largest absolute Gasteiger partial charge is 0.448 e. The van der Waals surface area contributed by atoms with Crippen LogP contribution in [0.25, 0.3) is 10.9 Å². The number of hydrogen-bond donors (Lipinski definition) is 2. The van der Waals surface area contributed by atoms with Gasteiger partial charge in [-0.3, -0.25) is 4.79 Å². The Morgan fingerprint density at radius 3 is 2.68 bits per heavy atom. The summed E-state index contributed by atoms with van der Waals surface area (Å²) in [6.07, 6.45) is -1.10. The minimum Gasteiger partial charge on any atom is -0.448 e. The maximum Gasteiger partial charge on any atom is 0.355 e. The first kappa shape index (κ1) is 17.0. The van der Waals surface area contributed by atoms with E-state index in [4.69, 9.17) is 16.3 Å². The molecule has 0 saturated heterocycles. The molecule has 5 nitrogen and oxygen atoms in total. The zero-order valence-corrected chi connectivity index (χ0v) is 13.9. The molecule has 0 aliphatic heterocycles. The van der Waals surface area contributed by atoms with E-state index in [1.54, 1.807) is 6.07 Å². The van der Waals surface area contributed by atoms with Crippen molar-refractivity contribution in [1.82, 2.24) is 4.98 Å². The Bertz CT molecular complexity index is 921. The van der Waals surface area contributed by atoms with Gasteiger partial charge >= 0.3 is 5.97 Å². The molecule has 1 amide bonds. The van der Waals surface area contributed by atoms with E-state index in [0.717, 1.165) is 17.0 Å². The molecule has 0 radical (unpaired) electrons. The molecule has 1 unspecified atom stereocenters. The molecule has 1 aromatic heterocycles. The number of para-hydroxylation sites is 1. The second kappa shape index (κ2) is 6.94. The molecule has 0 fully saturated rings. The molecule has 0 bridgehead atoms. The number of nitrogens with one attached hydrogen (secondary N) is 2. The molecule has 0 spiro atoms. The zero-order chi connectivity index (χ0) is 18.0. The molecule has 1 heterocycles. The smallest absolute Gasteiger partial charge is 0.355 e. The summed E-state index contributed by atoms with van der Waals surface area (Å²) in [5, 5.41) is 3.43. The lowest BCUT2D eigenvalue weighted by Crippen LogP contribution is -2.30. The second-order valence-corrected chi connectivity index (χ2v) is 5.87. The minimum atomic E-state index is -1.10. The number of benzene rings is 2. The van der Waals surface area contributed by atoms with E-state index in [2.05, 4.69) is 10.3 Å². The summed E-state index contributed by atoms with van der Waals surface area (Å²) < 4.78 is 18.8. The maximum absolute atomic E-state index is 13.7. The van der Waals surface area contributed by atoms with E-state index in [1.807, 2.05) is 24.3 Å². The fourth-order valence-electron chi connectivity index (χ4n) is 2.29. The molecule has 3 aromatic rings. The third-order valence-electron chi connectivity index (χ3n) is 3.59. The van der Waals surface area contributed by atoms with Gasteiger partial charge in [0.25, 0.3) is 5.91 Å². The molecule has 0 aliphatic carbocycles. The van der Waals surface area contributed by atoms with E-state index in [-0.39, 0.29) is 16.4 Å².